The van der Waals surface area contributed by atoms with Crippen LogP contribution in [0.25, 0.3) is 0 Å². The van der Waals surface area contributed by atoms with Gasteiger partial charge in [-0.1, -0.05) is 26.7 Å². The fourth-order valence-corrected chi connectivity index (χ4v) is 8.79. The van der Waals surface area contributed by atoms with E-state index < -0.39 is 11.8 Å². The fourth-order valence-electron chi connectivity index (χ4n) is 8.79. The highest BCUT2D eigenvalue weighted by Crippen LogP contribution is 2.69. The van der Waals surface area contributed by atoms with Crippen molar-refractivity contribution in [3.63, 3.8) is 0 Å². The Morgan fingerprint density at radius 3 is 2.41 bits per heavy atom. The molecule has 4 fully saturated rings. The molecule has 2 nitrogen and oxygen atoms in total. The summed E-state index contributed by atoms with van der Waals surface area (Å²) >= 11 is 0. The predicted molar refractivity (Wildman–Crippen MR) is 107 cm³/mol. The minimum atomic E-state index is -4.53. The zero-order valence-electron chi connectivity index (χ0n) is 18.4. The summed E-state index contributed by atoms with van der Waals surface area (Å²) in [4.78, 5) is 0. The lowest BCUT2D eigenvalue weighted by Gasteiger charge is -2.63. The third kappa shape index (κ3) is 3.20. The van der Waals surface area contributed by atoms with Gasteiger partial charge in [-0.3, -0.25) is 0 Å². The van der Waals surface area contributed by atoms with Crippen molar-refractivity contribution < 1.29 is 23.0 Å². The van der Waals surface area contributed by atoms with Crippen molar-refractivity contribution in [3.05, 3.63) is 0 Å². The quantitative estimate of drug-likeness (QED) is 0.577. The summed E-state index contributed by atoms with van der Waals surface area (Å²) in [7, 11) is 1.69. The number of aliphatic hydroxyl groups is 1. The van der Waals surface area contributed by atoms with Crippen LogP contribution in [-0.4, -0.2) is 30.6 Å². The van der Waals surface area contributed by atoms with Crippen molar-refractivity contribution in [1.82, 2.24) is 0 Å². The van der Waals surface area contributed by atoms with Crippen LogP contribution in [0.1, 0.15) is 84.5 Å². The van der Waals surface area contributed by atoms with Crippen LogP contribution in [0.15, 0.2) is 0 Å². The van der Waals surface area contributed by atoms with Gasteiger partial charge >= 0.3 is 6.18 Å². The lowest BCUT2D eigenvalue weighted by atomic mass is 9.43. The Hall–Kier alpha value is -0.290. The number of rotatable bonds is 4. The summed E-state index contributed by atoms with van der Waals surface area (Å²) in [5, 5.41) is 10.4. The van der Waals surface area contributed by atoms with Gasteiger partial charge in [-0.15, -0.1) is 0 Å². The van der Waals surface area contributed by atoms with Crippen molar-refractivity contribution in [2.45, 2.75) is 96.3 Å². The number of hydrogen-bond donors (Lipinski definition) is 1. The Kier molecular flexibility index (Phi) is 5.59. The van der Waals surface area contributed by atoms with Gasteiger partial charge in [0.1, 0.15) is 0 Å². The van der Waals surface area contributed by atoms with E-state index in [1.807, 2.05) is 0 Å². The van der Waals surface area contributed by atoms with Crippen LogP contribution in [0.2, 0.25) is 0 Å². The van der Waals surface area contributed by atoms with Gasteiger partial charge in [-0.2, -0.15) is 13.2 Å². The molecule has 0 heterocycles. The topological polar surface area (TPSA) is 29.5 Å². The first-order valence-corrected chi connectivity index (χ1v) is 11.9. The standard InChI is InChI=1S/C24H39F3O2/c1-4-5-16-7-9-19-18-8-6-17-14-23(28,24(25,26)27)13-12-22(17,15-29-3)20(18)10-11-21(16,19)2/h16-20,28H,4-15H2,1-3H3. The molecule has 4 aliphatic carbocycles. The van der Waals surface area contributed by atoms with Gasteiger partial charge in [0.2, 0.25) is 0 Å². The maximum absolute atomic E-state index is 13.6. The number of methoxy groups -OCH3 is 1. The van der Waals surface area contributed by atoms with Gasteiger partial charge in [0.15, 0.2) is 5.60 Å². The highest BCUT2D eigenvalue weighted by Gasteiger charge is 2.66. The molecule has 1 N–H and O–H groups in total. The molecular formula is C24H39F3O2. The Morgan fingerprint density at radius 1 is 1.00 bits per heavy atom. The van der Waals surface area contributed by atoms with E-state index in [0.29, 0.717) is 30.3 Å². The van der Waals surface area contributed by atoms with E-state index >= 15 is 0 Å². The fraction of sp³-hybridized carbons (Fsp3) is 1.00. The third-order valence-electron chi connectivity index (χ3n) is 10.2. The van der Waals surface area contributed by atoms with Crippen LogP contribution in [0, 0.1) is 40.4 Å². The van der Waals surface area contributed by atoms with Gasteiger partial charge in [0.25, 0.3) is 0 Å². The van der Waals surface area contributed by atoms with E-state index in [0.717, 1.165) is 31.1 Å². The molecule has 8 atom stereocenters. The van der Waals surface area contributed by atoms with Crippen LogP contribution >= 0.6 is 0 Å². The summed E-state index contributed by atoms with van der Waals surface area (Å²) in [5.74, 6) is 2.53. The molecule has 0 bridgehead atoms. The number of hydrogen-bond acceptors (Lipinski definition) is 2. The number of ether oxygens (including phenoxy) is 1. The van der Waals surface area contributed by atoms with E-state index in [1.54, 1.807) is 7.11 Å². The van der Waals surface area contributed by atoms with Crippen molar-refractivity contribution in [2.75, 3.05) is 13.7 Å². The summed E-state index contributed by atoms with van der Waals surface area (Å²) in [6.07, 6.45) is 4.98. The van der Waals surface area contributed by atoms with E-state index in [9.17, 15) is 18.3 Å². The molecule has 0 aromatic rings. The first kappa shape index (κ1) is 21.9. The predicted octanol–water partition coefficient (Wildman–Crippen LogP) is 6.37. The van der Waals surface area contributed by atoms with Crippen molar-refractivity contribution in [1.29, 1.82) is 0 Å². The molecule has 4 saturated carbocycles. The second kappa shape index (κ2) is 7.39. The molecular weight excluding hydrogens is 377 g/mol. The highest BCUT2D eigenvalue weighted by molar-refractivity contribution is 5.12. The maximum Gasteiger partial charge on any atom is 0.417 e. The number of halogens is 3. The van der Waals surface area contributed by atoms with Crippen molar-refractivity contribution in [3.8, 4) is 0 Å². The van der Waals surface area contributed by atoms with E-state index in [1.165, 1.54) is 32.1 Å². The van der Waals surface area contributed by atoms with Gasteiger partial charge in [-0.05, 0) is 98.2 Å². The monoisotopic (exact) mass is 416 g/mol. The van der Waals surface area contributed by atoms with Crippen LogP contribution < -0.4 is 0 Å². The van der Waals surface area contributed by atoms with Crippen LogP contribution in [0.5, 0.6) is 0 Å². The first-order chi connectivity index (χ1) is 13.6. The molecule has 29 heavy (non-hydrogen) atoms. The molecule has 0 aromatic heterocycles. The van der Waals surface area contributed by atoms with Gasteiger partial charge < -0.3 is 9.84 Å². The average molecular weight is 417 g/mol. The molecule has 4 rings (SSSR count). The Bertz CT molecular complexity index is 607. The van der Waals surface area contributed by atoms with E-state index in [-0.39, 0.29) is 24.2 Å². The van der Waals surface area contributed by atoms with Gasteiger partial charge in [0.05, 0.1) is 6.61 Å². The molecule has 0 spiro atoms. The minimum Gasteiger partial charge on any atom is -0.384 e. The van der Waals surface area contributed by atoms with Crippen molar-refractivity contribution >= 4 is 0 Å². The lowest BCUT2D eigenvalue weighted by Crippen LogP contribution is -2.61. The average Bonchev–Trinajstić information content (AvgIpc) is 2.98. The number of fused-ring (bicyclic) bond motifs is 5. The molecule has 168 valence electrons. The number of alkyl halides is 3. The second-order valence-electron chi connectivity index (χ2n) is 11.2. The molecule has 0 radical (unpaired) electrons. The molecule has 0 amide bonds. The van der Waals surface area contributed by atoms with Gasteiger partial charge in [0, 0.05) is 7.11 Å². The van der Waals surface area contributed by atoms with Gasteiger partial charge in [-0.25, -0.2) is 0 Å². The summed E-state index contributed by atoms with van der Waals surface area (Å²) in [5.41, 5.74) is -2.27. The molecule has 5 heteroatoms. The Morgan fingerprint density at radius 2 is 1.76 bits per heavy atom. The largest absolute Gasteiger partial charge is 0.417 e. The normalized spacial score (nSPS) is 50.0. The first-order valence-electron chi connectivity index (χ1n) is 11.9. The second-order valence-corrected chi connectivity index (χ2v) is 11.2. The maximum atomic E-state index is 13.6. The molecule has 0 saturated heterocycles. The summed E-state index contributed by atoms with van der Waals surface area (Å²) < 4.78 is 46.4. The molecule has 4 aliphatic rings. The van der Waals surface area contributed by atoms with Crippen LogP contribution in [0.3, 0.4) is 0 Å². The molecule has 8 unspecified atom stereocenters. The summed E-state index contributed by atoms with van der Waals surface area (Å²) in [6, 6.07) is 0. The minimum absolute atomic E-state index is 0.0822. The summed E-state index contributed by atoms with van der Waals surface area (Å²) in [6.45, 7) is 5.35. The van der Waals surface area contributed by atoms with E-state index in [4.69, 9.17) is 4.74 Å². The zero-order chi connectivity index (χ0) is 21.1. The van der Waals surface area contributed by atoms with Crippen molar-refractivity contribution in [2.24, 2.45) is 40.4 Å². The zero-order valence-corrected chi connectivity index (χ0v) is 18.4. The van der Waals surface area contributed by atoms with E-state index in [2.05, 4.69) is 13.8 Å². The molecule has 0 aromatic carbocycles. The lowest BCUT2D eigenvalue weighted by molar-refractivity contribution is -0.294. The smallest absolute Gasteiger partial charge is 0.384 e. The SMILES string of the molecule is CCCC1CCC2C3CCC4CC(O)(C(F)(F)F)CCC4(COC)C3CCC12C. The highest BCUT2D eigenvalue weighted by atomic mass is 19.4. The van der Waals surface area contributed by atoms with Crippen LogP contribution in [-0.2, 0) is 4.74 Å². The third-order valence-corrected chi connectivity index (χ3v) is 10.2. The Labute approximate surface area is 174 Å². The van der Waals surface area contributed by atoms with Crippen LogP contribution in [0.4, 0.5) is 13.2 Å². The Balaban J connectivity index is 1.61. The molecule has 0 aliphatic heterocycles.